The number of aromatic nitrogens is 1. The summed E-state index contributed by atoms with van der Waals surface area (Å²) in [4.78, 5) is 58.3. The maximum atomic E-state index is 13.3. The highest BCUT2D eigenvalue weighted by atomic mass is 35.5. The number of Topliss-reactive ketones (excluding diaryl/α,β-unsaturated/α-hetero) is 1. The summed E-state index contributed by atoms with van der Waals surface area (Å²) < 4.78 is 5.44. The Morgan fingerprint density at radius 1 is 0.905 bits per heavy atom. The van der Waals surface area contributed by atoms with Crippen LogP contribution in [0.1, 0.15) is 52.0 Å². The molecule has 7 nitrogen and oxygen atoms in total. The van der Waals surface area contributed by atoms with Crippen LogP contribution in [0.4, 0.5) is 5.69 Å². The first-order chi connectivity index (χ1) is 20.2. The number of fused-ring (bicyclic) bond motifs is 2. The molecule has 4 aromatic rings. The first-order valence-corrected chi connectivity index (χ1v) is 14.5. The minimum atomic E-state index is -0.680. The number of carbonyl (C=O) groups excluding carboxylic acids is 4. The molecule has 6 rings (SSSR count). The second kappa shape index (κ2) is 11.3. The van der Waals surface area contributed by atoms with Gasteiger partial charge in [0.25, 0.3) is 0 Å². The molecule has 1 aromatic heterocycles. The van der Waals surface area contributed by atoms with Crippen molar-refractivity contribution >= 4 is 63.4 Å². The number of aryl methyl sites for hydroxylation is 1. The van der Waals surface area contributed by atoms with Crippen molar-refractivity contribution in [2.24, 2.45) is 11.8 Å². The standard InChI is InChI=1S/C33H26Cl2N2O5/c1-18-5-4-8-22-26(33(41)42-17-29(38)25-14-11-20(34)15-27(25)35)16-28(36-30(18)22)19-9-12-21(13-10-19)37-31(39)23-6-2-3-7-24(23)32(37)40/h4-5,8-16,23-24H,2-3,6-7,17H2,1H3. The average molecular weight is 601 g/mol. The first-order valence-electron chi connectivity index (χ1n) is 13.8. The number of para-hydroxylation sites is 1. The van der Waals surface area contributed by atoms with E-state index in [-0.39, 0.29) is 39.8 Å². The lowest BCUT2D eigenvalue weighted by Gasteiger charge is -2.19. The maximum absolute atomic E-state index is 13.3. The van der Waals surface area contributed by atoms with Gasteiger partial charge >= 0.3 is 5.97 Å². The van der Waals surface area contributed by atoms with Crippen LogP contribution in [0, 0.1) is 18.8 Å². The second-order valence-corrected chi connectivity index (χ2v) is 11.5. The van der Waals surface area contributed by atoms with Crippen molar-refractivity contribution in [2.45, 2.75) is 32.6 Å². The van der Waals surface area contributed by atoms with Gasteiger partial charge in [-0.15, -0.1) is 0 Å². The van der Waals surface area contributed by atoms with Gasteiger partial charge < -0.3 is 4.74 Å². The van der Waals surface area contributed by atoms with Crippen LogP contribution in [0.15, 0.2) is 66.7 Å². The van der Waals surface area contributed by atoms with E-state index < -0.39 is 18.4 Å². The molecule has 2 fully saturated rings. The number of rotatable bonds is 6. The molecule has 0 spiro atoms. The topological polar surface area (TPSA) is 93.6 Å². The first kappa shape index (κ1) is 28.1. The van der Waals surface area contributed by atoms with Crippen LogP contribution in [0.5, 0.6) is 0 Å². The Morgan fingerprint density at radius 2 is 1.60 bits per heavy atom. The smallest absolute Gasteiger partial charge is 0.339 e. The van der Waals surface area contributed by atoms with Gasteiger partial charge in [0.1, 0.15) is 0 Å². The average Bonchev–Trinajstić information content (AvgIpc) is 3.25. The number of anilines is 1. The highest BCUT2D eigenvalue weighted by Crippen LogP contribution is 2.40. The molecule has 0 N–H and O–H groups in total. The van der Waals surface area contributed by atoms with Crippen molar-refractivity contribution in [3.63, 3.8) is 0 Å². The van der Waals surface area contributed by atoms with Gasteiger partial charge in [-0.05, 0) is 61.7 Å². The van der Waals surface area contributed by atoms with Crippen molar-refractivity contribution in [3.8, 4) is 11.3 Å². The third-order valence-corrected chi connectivity index (χ3v) is 8.64. The molecule has 1 saturated carbocycles. The van der Waals surface area contributed by atoms with E-state index in [9.17, 15) is 19.2 Å². The Morgan fingerprint density at radius 3 is 2.26 bits per heavy atom. The van der Waals surface area contributed by atoms with Gasteiger partial charge in [0.2, 0.25) is 17.6 Å². The van der Waals surface area contributed by atoms with Gasteiger partial charge in [-0.25, -0.2) is 9.78 Å². The molecule has 1 aliphatic heterocycles. The number of hydrogen-bond acceptors (Lipinski definition) is 6. The largest absolute Gasteiger partial charge is 0.454 e. The van der Waals surface area contributed by atoms with Crippen molar-refractivity contribution in [1.82, 2.24) is 4.98 Å². The lowest BCUT2D eigenvalue weighted by Crippen LogP contribution is -2.30. The summed E-state index contributed by atoms with van der Waals surface area (Å²) in [5.41, 5.74) is 3.67. The van der Waals surface area contributed by atoms with Crippen molar-refractivity contribution in [3.05, 3.63) is 93.5 Å². The number of ketones is 1. The number of carbonyl (C=O) groups is 4. The monoisotopic (exact) mass is 600 g/mol. The molecule has 1 aliphatic carbocycles. The molecular weight excluding hydrogens is 575 g/mol. The van der Waals surface area contributed by atoms with Gasteiger partial charge in [-0.3, -0.25) is 19.3 Å². The molecule has 0 bridgehead atoms. The van der Waals surface area contributed by atoms with Crippen molar-refractivity contribution < 1.29 is 23.9 Å². The number of nitrogens with zero attached hydrogens (tertiary/aromatic N) is 2. The fraction of sp³-hybridized carbons (Fsp3) is 0.242. The Hall–Kier alpha value is -4.07. The molecule has 0 radical (unpaired) electrons. The zero-order valence-corrected chi connectivity index (χ0v) is 24.2. The summed E-state index contributed by atoms with van der Waals surface area (Å²) in [6.45, 7) is 1.40. The molecule has 3 aromatic carbocycles. The fourth-order valence-corrected chi connectivity index (χ4v) is 6.42. The number of imide groups is 1. The fourth-order valence-electron chi connectivity index (χ4n) is 5.91. The quantitative estimate of drug-likeness (QED) is 0.131. The van der Waals surface area contributed by atoms with E-state index in [4.69, 9.17) is 32.9 Å². The molecule has 2 heterocycles. The van der Waals surface area contributed by atoms with Crippen LogP contribution in [0.25, 0.3) is 22.2 Å². The number of pyridine rings is 1. The highest BCUT2D eigenvalue weighted by Gasteiger charge is 2.48. The minimum absolute atomic E-state index is 0.128. The number of ether oxygens (including phenoxy) is 1. The predicted octanol–water partition coefficient (Wildman–Crippen LogP) is 7.24. The highest BCUT2D eigenvalue weighted by molar-refractivity contribution is 6.37. The number of esters is 1. The zero-order valence-electron chi connectivity index (χ0n) is 22.7. The summed E-state index contributed by atoms with van der Waals surface area (Å²) in [6, 6.07) is 18.7. The maximum Gasteiger partial charge on any atom is 0.339 e. The summed E-state index contributed by atoms with van der Waals surface area (Å²) in [5.74, 6) is -1.85. The van der Waals surface area contributed by atoms with Gasteiger partial charge in [-0.2, -0.15) is 0 Å². The molecule has 2 unspecified atom stereocenters. The summed E-state index contributed by atoms with van der Waals surface area (Å²) >= 11 is 12.1. The van der Waals surface area contributed by atoms with E-state index in [1.165, 1.54) is 17.0 Å². The van der Waals surface area contributed by atoms with Crippen molar-refractivity contribution in [1.29, 1.82) is 0 Å². The summed E-state index contributed by atoms with van der Waals surface area (Å²) in [6.07, 6.45) is 3.43. The lowest BCUT2D eigenvalue weighted by molar-refractivity contribution is -0.122. The predicted molar refractivity (Wildman–Crippen MR) is 161 cm³/mol. The van der Waals surface area contributed by atoms with Crippen LogP contribution in [-0.4, -0.2) is 35.2 Å². The Labute approximate surface area is 252 Å². The molecule has 2 aliphatic rings. The summed E-state index contributed by atoms with van der Waals surface area (Å²) in [5, 5.41) is 1.16. The van der Waals surface area contributed by atoms with E-state index in [2.05, 4.69) is 0 Å². The number of halogens is 2. The molecular formula is C33H26Cl2N2O5. The molecule has 2 atom stereocenters. The van der Waals surface area contributed by atoms with Crippen LogP contribution in [0.2, 0.25) is 10.0 Å². The molecule has 2 amide bonds. The van der Waals surface area contributed by atoms with Crippen molar-refractivity contribution in [2.75, 3.05) is 11.5 Å². The molecule has 1 saturated heterocycles. The van der Waals surface area contributed by atoms with Crippen LogP contribution < -0.4 is 4.90 Å². The molecule has 42 heavy (non-hydrogen) atoms. The van der Waals surface area contributed by atoms with E-state index in [0.29, 0.717) is 32.9 Å². The SMILES string of the molecule is Cc1cccc2c(C(=O)OCC(=O)c3ccc(Cl)cc3Cl)cc(-c3ccc(N4C(=O)C5CCCCC5C4=O)cc3)nc12. The molecule has 212 valence electrons. The normalized spacial score (nSPS) is 18.3. The van der Waals surface area contributed by atoms with E-state index >= 15 is 0 Å². The van der Waals surface area contributed by atoms with E-state index in [1.54, 1.807) is 42.5 Å². The van der Waals surface area contributed by atoms with Crippen LogP contribution in [0.3, 0.4) is 0 Å². The van der Waals surface area contributed by atoms with Gasteiger partial charge in [0.05, 0.1) is 39.3 Å². The second-order valence-electron chi connectivity index (χ2n) is 10.7. The third kappa shape index (κ3) is 5.08. The Kier molecular flexibility index (Phi) is 7.56. The Balaban J connectivity index is 1.29. The van der Waals surface area contributed by atoms with Crippen LogP contribution >= 0.6 is 23.2 Å². The van der Waals surface area contributed by atoms with E-state index in [1.807, 2.05) is 19.1 Å². The molecule has 9 heteroatoms. The minimum Gasteiger partial charge on any atom is -0.454 e. The number of benzene rings is 3. The van der Waals surface area contributed by atoms with Gasteiger partial charge in [0.15, 0.2) is 6.61 Å². The number of hydrogen-bond donors (Lipinski definition) is 0. The third-order valence-electron chi connectivity index (χ3n) is 8.09. The zero-order chi connectivity index (χ0) is 29.5. The van der Waals surface area contributed by atoms with Crippen LogP contribution in [-0.2, 0) is 14.3 Å². The number of amides is 2. The lowest BCUT2D eigenvalue weighted by atomic mass is 9.81. The summed E-state index contributed by atoms with van der Waals surface area (Å²) in [7, 11) is 0. The Bertz CT molecular complexity index is 1740. The van der Waals surface area contributed by atoms with Gasteiger partial charge in [0, 0.05) is 21.5 Å². The van der Waals surface area contributed by atoms with Gasteiger partial charge in [-0.1, -0.05) is 66.4 Å². The van der Waals surface area contributed by atoms with E-state index in [0.717, 1.165) is 31.2 Å².